The van der Waals surface area contributed by atoms with E-state index in [0.717, 1.165) is 0 Å². The van der Waals surface area contributed by atoms with Gasteiger partial charge in [-0.1, -0.05) is 6.92 Å². The van der Waals surface area contributed by atoms with E-state index in [1.54, 1.807) is 31.5 Å². The van der Waals surface area contributed by atoms with Gasteiger partial charge in [-0.15, -0.1) is 0 Å². The molecule has 0 aliphatic carbocycles. The summed E-state index contributed by atoms with van der Waals surface area (Å²) in [5.74, 6) is -0.0665. The van der Waals surface area contributed by atoms with Gasteiger partial charge in [0.25, 0.3) is 0 Å². The van der Waals surface area contributed by atoms with Crippen LogP contribution in [0.3, 0.4) is 0 Å². The summed E-state index contributed by atoms with van der Waals surface area (Å²) in [5, 5.41) is 5.13. The molecule has 0 aromatic carbocycles. The van der Waals surface area contributed by atoms with Crippen LogP contribution in [-0.2, 0) is 9.53 Å². The molecule has 0 unspecified atom stereocenters. The van der Waals surface area contributed by atoms with Crippen molar-refractivity contribution in [2.75, 3.05) is 18.5 Å². The number of carbonyl (C=O) groups excluding carboxylic acids is 2. The SMILES string of the molecule is CCC(=O)NCCOC(=O)Nc1ccncc1. The Kier molecular flexibility index (Phi) is 5.50. The van der Waals surface area contributed by atoms with E-state index in [2.05, 4.69) is 15.6 Å². The van der Waals surface area contributed by atoms with E-state index in [4.69, 9.17) is 4.74 Å². The van der Waals surface area contributed by atoms with Crippen LogP contribution < -0.4 is 10.6 Å². The lowest BCUT2D eigenvalue weighted by Gasteiger charge is -2.07. The molecule has 0 saturated carbocycles. The summed E-state index contributed by atoms with van der Waals surface area (Å²) in [6, 6.07) is 3.31. The van der Waals surface area contributed by atoms with Crippen molar-refractivity contribution in [1.29, 1.82) is 0 Å². The highest BCUT2D eigenvalue weighted by Gasteiger charge is 2.02. The first-order valence-electron chi connectivity index (χ1n) is 5.33. The molecule has 92 valence electrons. The molecule has 0 saturated heterocycles. The van der Waals surface area contributed by atoms with Gasteiger partial charge in [-0.2, -0.15) is 0 Å². The van der Waals surface area contributed by atoms with Crippen LogP contribution in [-0.4, -0.2) is 30.1 Å². The minimum absolute atomic E-state index is 0.0665. The second-order valence-corrected chi connectivity index (χ2v) is 3.20. The molecule has 1 rings (SSSR count). The maximum Gasteiger partial charge on any atom is 0.411 e. The van der Waals surface area contributed by atoms with Crippen molar-refractivity contribution < 1.29 is 14.3 Å². The third-order valence-electron chi connectivity index (χ3n) is 1.91. The maximum atomic E-state index is 11.3. The Labute approximate surface area is 99.4 Å². The molecule has 0 radical (unpaired) electrons. The fraction of sp³-hybridized carbons (Fsp3) is 0.364. The monoisotopic (exact) mass is 237 g/mol. The number of nitrogens with zero attached hydrogens (tertiary/aromatic N) is 1. The molecule has 6 heteroatoms. The molecule has 2 N–H and O–H groups in total. The van der Waals surface area contributed by atoms with E-state index < -0.39 is 6.09 Å². The number of carbonyl (C=O) groups is 2. The Hall–Kier alpha value is -2.11. The van der Waals surface area contributed by atoms with Crippen molar-refractivity contribution in [1.82, 2.24) is 10.3 Å². The van der Waals surface area contributed by atoms with Crippen molar-refractivity contribution in [2.45, 2.75) is 13.3 Å². The van der Waals surface area contributed by atoms with Crippen molar-refractivity contribution in [3.63, 3.8) is 0 Å². The average Bonchev–Trinajstić information content (AvgIpc) is 2.35. The number of ether oxygens (including phenoxy) is 1. The van der Waals surface area contributed by atoms with Gasteiger partial charge >= 0.3 is 6.09 Å². The number of nitrogens with one attached hydrogen (secondary N) is 2. The second-order valence-electron chi connectivity index (χ2n) is 3.20. The lowest BCUT2D eigenvalue weighted by molar-refractivity contribution is -0.120. The first kappa shape index (κ1) is 13.0. The Bertz CT molecular complexity index is 367. The first-order chi connectivity index (χ1) is 8.22. The molecule has 0 fully saturated rings. The first-order valence-corrected chi connectivity index (χ1v) is 5.33. The van der Waals surface area contributed by atoms with Gasteiger partial charge in [0.1, 0.15) is 6.61 Å². The molecule has 6 nitrogen and oxygen atoms in total. The van der Waals surface area contributed by atoms with Crippen molar-refractivity contribution >= 4 is 17.7 Å². The molecule has 0 atom stereocenters. The smallest absolute Gasteiger partial charge is 0.411 e. The zero-order valence-corrected chi connectivity index (χ0v) is 9.60. The van der Waals surface area contributed by atoms with E-state index in [-0.39, 0.29) is 12.5 Å². The zero-order chi connectivity index (χ0) is 12.5. The predicted molar refractivity (Wildman–Crippen MR) is 62.5 cm³/mol. The number of amides is 2. The molecule has 1 aromatic heterocycles. The minimum Gasteiger partial charge on any atom is -0.447 e. The number of anilines is 1. The fourth-order valence-corrected chi connectivity index (χ4v) is 1.05. The van der Waals surface area contributed by atoms with Gasteiger partial charge in [0, 0.05) is 24.5 Å². The highest BCUT2D eigenvalue weighted by molar-refractivity contribution is 5.84. The summed E-state index contributed by atoms with van der Waals surface area (Å²) >= 11 is 0. The standard InChI is InChI=1S/C11H15N3O3/c1-2-10(15)13-7-8-17-11(16)14-9-3-5-12-6-4-9/h3-6H,2,7-8H2,1H3,(H,13,15)(H,12,14,16). The van der Waals surface area contributed by atoms with Crippen LogP contribution in [0.5, 0.6) is 0 Å². The Balaban J connectivity index is 2.16. The van der Waals surface area contributed by atoms with E-state index in [1.807, 2.05) is 0 Å². The third-order valence-corrected chi connectivity index (χ3v) is 1.91. The molecule has 0 bridgehead atoms. The molecule has 0 aliphatic rings. The van der Waals surface area contributed by atoms with Crippen LogP contribution in [0.4, 0.5) is 10.5 Å². The van der Waals surface area contributed by atoms with Crippen molar-refractivity contribution in [3.05, 3.63) is 24.5 Å². The second kappa shape index (κ2) is 7.21. The predicted octanol–water partition coefficient (Wildman–Crippen LogP) is 1.16. The number of aromatic nitrogens is 1. The van der Waals surface area contributed by atoms with Crippen LogP contribution in [0.2, 0.25) is 0 Å². The van der Waals surface area contributed by atoms with Crippen LogP contribution in [0, 0.1) is 0 Å². The van der Waals surface area contributed by atoms with Crippen LogP contribution in [0.15, 0.2) is 24.5 Å². The molecular formula is C11H15N3O3. The van der Waals surface area contributed by atoms with Gasteiger partial charge in [-0.25, -0.2) is 4.79 Å². The van der Waals surface area contributed by atoms with E-state index in [9.17, 15) is 9.59 Å². The summed E-state index contributed by atoms with van der Waals surface area (Å²) in [5.41, 5.74) is 0.614. The molecule has 2 amide bonds. The number of rotatable bonds is 5. The number of hydrogen-bond acceptors (Lipinski definition) is 4. The molecule has 0 aliphatic heterocycles. The average molecular weight is 237 g/mol. The van der Waals surface area contributed by atoms with Gasteiger partial charge in [-0.05, 0) is 12.1 Å². The Morgan fingerprint density at radius 3 is 2.71 bits per heavy atom. The quantitative estimate of drug-likeness (QED) is 0.753. The highest BCUT2D eigenvalue weighted by Crippen LogP contribution is 2.03. The van der Waals surface area contributed by atoms with E-state index in [1.165, 1.54) is 0 Å². The normalized spacial score (nSPS) is 9.47. The van der Waals surface area contributed by atoms with Gasteiger partial charge in [0.05, 0.1) is 6.54 Å². The molecular weight excluding hydrogens is 222 g/mol. The molecule has 1 aromatic rings. The van der Waals surface area contributed by atoms with Crippen LogP contribution in [0.25, 0.3) is 0 Å². The molecule has 0 spiro atoms. The van der Waals surface area contributed by atoms with Crippen LogP contribution in [0.1, 0.15) is 13.3 Å². The highest BCUT2D eigenvalue weighted by atomic mass is 16.5. The van der Waals surface area contributed by atoms with Gasteiger partial charge in [0.15, 0.2) is 0 Å². The number of hydrogen-bond donors (Lipinski definition) is 2. The summed E-state index contributed by atoms with van der Waals surface area (Å²) in [7, 11) is 0. The maximum absolute atomic E-state index is 11.3. The minimum atomic E-state index is -0.554. The third kappa shape index (κ3) is 5.50. The van der Waals surface area contributed by atoms with Gasteiger partial charge in [-0.3, -0.25) is 15.1 Å². The summed E-state index contributed by atoms with van der Waals surface area (Å²) in [4.78, 5) is 26.0. The van der Waals surface area contributed by atoms with Crippen LogP contribution >= 0.6 is 0 Å². The summed E-state index contributed by atoms with van der Waals surface area (Å²) in [6.45, 7) is 2.21. The molecule has 1 heterocycles. The van der Waals surface area contributed by atoms with E-state index in [0.29, 0.717) is 18.7 Å². The molecule has 17 heavy (non-hydrogen) atoms. The summed E-state index contributed by atoms with van der Waals surface area (Å²) in [6.07, 6.45) is 3.00. The lowest BCUT2D eigenvalue weighted by Crippen LogP contribution is -2.28. The largest absolute Gasteiger partial charge is 0.447 e. The van der Waals surface area contributed by atoms with Crippen molar-refractivity contribution in [3.8, 4) is 0 Å². The Morgan fingerprint density at radius 2 is 2.06 bits per heavy atom. The topological polar surface area (TPSA) is 80.3 Å². The van der Waals surface area contributed by atoms with Crippen molar-refractivity contribution in [2.24, 2.45) is 0 Å². The summed E-state index contributed by atoms with van der Waals surface area (Å²) < 4.78 is 4.86. The number of pyridine rings is 1. The Morgan fingerprint density at radius 1 is 1.35 bits per heavy atom. The van der Waals surface area contributed by atoms with Gasteiger partial charge in [0.2, 0.25) is 5.91 Å². The fourth-order valence-electron chi connectivity index (χ4n) is 1.05. The van der Waals surface area contributed by atoms with Gasteiger partial charge < -0.3 is 10.1 Å². The van der Waals surface area contributed by atoms with E-state index >= 15 is 0 Å². The zero-order valence-electron chi connectivity index (χ0n) is 9.60. The lowest BCUT2D eigenvalue weighted by atomic mass is 10.4.